The van der Waals surface area contributed by atoms with Crippen LogP contribution in [0.2, 0.25) is 0 Å². The summed E-state index contributed by atoms with van der Waals surface area (Å²) >= 11 is 0. The third-order valence-electron chi connectivity index (χ3n) is 5.67. The number of rotatable bonds is 8. The van der Waals surface area contributed by atoms with Crippen molar-refractivity contribution in [2.24, 2.45) is 23.7 Å². The molecule has 3 aliphatic carbocycles. The molecule has 0 radical (unpaired) electrons. The zero-order valence-electron chi connectivity index (χ0n) is 13.3. The summed E-state index contributed by atoms with van der Waals surface area (Å²) in [6, 6.07) is 0. The summed E-state index contributed by atoms with van der Waals surface area (Å²) in [7, 11) is 0. The molecule has 0 bridgehead atoms. The van der Waals surface area contributed by atoms with E-state index in [9.17, 15) is 5.11 Å². The quantitative estimate of drug-likeness (QED) is 0.732. The minimum absolute atomic E-state index is 0.0241. The second-order valence-electron chi connectivity index (χ2n) is 7.90. The van der Waals surface area contributed by atoms with Crippen LogP contribution < -0.4 is 0 Å². The van der Waals surface area contributed by atoms with Crippen molar-refractivity contribution in [2.75, 3.05) is 19.6 Å². The molecule has 0 heterocycles. The fraction of sp³-hybridized carbons (Fsp3) is 1.00. The predicted octanol–water partition coefficient (Wildman–Crippen LogP) is 3.69. The fourth-order valence-electron chi connectivity index (χ4n) is 4.10. The van der Waals surface area contributed by atoms with Gasteiger partial charge in [0.15, 0.2) is 0 Å². The molecule has 0 spiro atoms. The molecule has 3 rings (SSSR count). The van der Waals surface area contributed by atoms with Crippen molar-refractivity contribution in [3.8, 4) is 0 Å². The van der Waals surface area contributed by atoms with E-state index in [-0.39, 0.29) is 6.10 Å². The second-order valence-corrected chi connectivity index (χ2v) is 7.90. The van der Waals surface area contributed by atoms with Gasteiger partial charge >= 0.3 is 0 Å². The number of hydrogen-bond acceptors (Lipinski definition) is 2. The Kier molecular flexibility index (Phi) is 5.04. The highest BCUT2D eigenvalue weighted by molar-refractivity contribution is 4.87. The predicted molar refractivity (Wildman–Crippen MR) is 83.6 cm³/mol. The molecule has 3 aliphatic rings. The normalized spacial score (nSPS) is 34.6. The zero-order chi connectivity index (χ0) is 13.9. The largest absolute Gasteiger partial charge is 0.393 e. The summed E-state index contributed by atoms with van der Waals surface area (Å²) in [5.41, 5.74) is 0. The molecule has 3 atom stereocenters. The molecule has 0 aromatic rings. The average molecular weight is 279 g/mol. The standard InChI is InChI=1S/C18H33NO/c1-2-3-14-8-9-18(20)17(10-14)13-19(11-15-4-5-15)12-16-6-7-16/h14-18,20H,2-13H2,1H3. The highest BCUT2D eigenvalue weighted by atomic mass is 16.3. The lowest BCUT2D eigenvalue weighted by Gasteiger charge is -2.37. The van der Waals surface area contributed by atoms with Crippen LogP contribution in [0.5, 0.6) is 0 Å². The van der Waals surface area contributed by atoms with Gasteiger partial charge < -0.3 is 10.0 Å². The average Bonchev–Trinajstić information content (AvgIpc) is 3.30. The lowest BCUT2D eigenvalue weighted by molar-refractivity contribution is 0.0240. The van der Waals surface area contributed by atoms with Gasteiger partial charge in [-0.1, -0.05) is 19.8 Å². The molecule has 0 aromatic carbocycles. The maximum atomic E-state index is 10.4. The molecule has 116 valence electrons. The molecule has 0 aromatic heterocycles. The van der Waals surface area contributed by atoms with Crippen molar-refractivity contribution in [3.63, 3.8) is 0 Å². The zero-order valence-corrected chi connectivity index (χ0v) is 13.3. The molecule has 20 heavy (non-hydrogen) atoms. The maximum Gasteiger partial charge on any atom is 0.0580 e. The smallest absolute Gasteiger partial charge is 0.0580 e. The first kappa shape index (κ1) is 14.8. The van der Waals surface area contributed by atoms with Crippen molar-refractivity contribution >= 4 is 0 Å². The molecular weight excluding hydrogens is 246 g/mol. The summed E-state index contributed by atoms with van der Waals surface area (Å²) in [5, 5.41) is 10.4. The van der Waals surface area contributed by atoms with E-state index in [4.69, 9.17) is 0 Å². The van der Waals surface area contributed by atoms with Crippen LogP contribution in [-0.4, -0.2) is 35.7 Å². The molecule has 3 fully saturated rings. The molecule has 3 unspecified atom stereocenters. The van der Waals surface area contributed by atoms with Gasteiger partial charge in [0.05, 0.1) is 6.10 Å². The Morgan fingerprint density at radius 3 is 2.00 bits per heavy atom. The highest BCUT2D eigenvalue weighted by Gasteiger charge is 2.34. The van der Waals surface area contributed by atoms with Crippen molar-refractivity contribution in [1.29, 1.82) is 0 Å². The lowest BCUT2D eigenvalue weighted by atomic mass is 9.77. The van der Waals surface area contributed by atoms with Crippen LogP contribution >= 0.6 is 0 Å². The van der Waals surface area contributed by atoms with Crippen LogP contribution in [-0.2, 0) is 0 Å². The molecule has 0 amide bonds. The Balaban J connectivity index is 1.50. The topological polar surface area (TPSA) is 23.5 Å². The Morgan fingerprint density at radius 2 is 1.45 bits per heavy atom. The van der Waals surface area contributed by atoms with Gasteiger partial charge in [0.1, 0.15) is 0 Å². The Hall–Kier alpha value is -0.0800. The highest BCUT2D eigenvalue weighted by Crippen LogP contribution is 2.37. The minimum atomic E-state index is -0.0241. The van der Waals surface area contributed by atoms with Crippen LogP contribution in [0.25, 0.3) is 0 Å². The summed E-state index contributed by atoms with van der Waals surface area (Å²) in [4.78, 5) is 2.72. The van der Waals surface area contributed by atoms with Gasteiger partial charge in [-0.2, -0.15) is 0 Å². The van der Waals surface area contributed by atoms with E-state index in [1.807, 2.05) is 0 Å². The number of hydrogen-bond donors (Lipinski definition) is 1. The van der Waals surface area contributed by atoms with Gasteiger partial charge in [-0.25, -0.2) is 0 Å². The van der Waals surface area contributed by atoms with Crippen LogP contribution in [0, 0.1) is 23.7 Å². The van der Waals surface area contributed by atoms with Gasteiger partial charge in [-0.15, -0.1) is 0 Å². The fourth-order valence-corrected chi connectivity index (χ4v) is 4.10. The first-order valence-electron chi connectivity index (χ1n) is 9.15. The summed E-state index contributed by atoms with van der Waals surface area (Å²) in [6.45, 7) is 6.11. The summed E-state index contributed by atoms with van der Waals surface area (Å²) < 4.78 is 0. The van der Waals surface area contributed by atoms with E-state index in [2.05, 4.69) is 11.8 Å². The molecule has 2 heteroatoms. The van der Waals surface area contributed by atoms with Crippen LogP contribution in [0.15, 0.2) is 0 Å². The molecule has 0 aliphatic heterocycles. The van der Waals surface area contributed by atoms with E-state index < -0.39 is 0 Å². The molecule has 1 N–H and O–H groups in total. The molecule has 0 saturated heterocycles. The number of aliphatic hydroxyl groups excluding tert-OH is 1. The third kappa shape index (κ3) is 4.46. The van der Waals surface area contributed by atoms with Crippen LogP contribution in [0.3, 0.4) is 0 Å². The van der Waals surface area contributed by atoms with Crippen molar-refractivity contribution in [3.05, 3.63) is 0 Å². The minimum Gasteiger partial charge on any atom is -0.393 e. The maximum absolute atomic E-state index is 10.4. The number of nitrogens with zero attached hydrogens (tertiary/aromatic N) is 1. The molecular formula is C18H33NO. The lowest BCUT2D eigenvalue weighted by Crippen LogP contribution is -2.40. The second kappa shape index (κ2) is 6.79. The monoisotopic (exact) mass is 279 g/mol. The van der Waals surface area contributed by atoms with Crippen molar-refractivity contribution in [2.45, 2.75) is 70.8 Å². The van der Waals surface area contributed by atoms with Crippen molar-refractivity contribution < 1.29 is 5.11 Å². The first-order valence-corrected chi connectivity index (χ1v) is 9.15. The van der Waals surface area contributed by atoms with Crippen LogP contribution in [0.1, 0.15) is 64.7 Å². The van der Waals surface area contributed by atoms with Crippen molar-refractivity contribution in [1.82, 2.24) is 4.90 Å². The van der Waals surface area contributed by atoms with Gasteiger partial charge in [0, 0.05) is 19.6 Å². The summed E-state index contributed by atoms with van der Waals surface area (Å²) in [5.74, 6) is 3.41. The first-order chi connectivity index (χ1) is 9.74. The third-order valence-corrected chi connectivity index (χ3v) is 5.67. The number of aliphatic hydroxyl groups is 1. The SMILES string of the molecule is CCCC1CCC(O)C(CN(CC2CC2)CC2CC2)C1. The Labute approximate surface area is 124 Å². The Morgan fingerprint density at radius 1 is 0.850 bits per heavy atom. The van der Waals surface area contributed by atoms with E-state index in [0.29, 0.717) is 5.92 Å². The van der Waals surface area contributed by atoms with E-state index in [0.717, 1.165) is 24.2 Å². The van der Waals surface area contributed by atoms with Gasteiger partial charge in [-0.05, 0) is 68.6 Å². The van der Waals surface area contributed by atoms with Crippen LogP contribution in [0.4, 0.5) is 0 Å². The van der Waals surface area contributed by atoms with E-state index in [1.165, 1.54) is 71.0 Å². The van der Waals surface area contributed by atoms with E-state index >= 15 is 0 Å². The van der Waals surface area contributed by atoms with Gasteiger partial charge in [0.2, 0.25) is 0 Å². The van der Waals surface area contributed by atoms with Gasteiger partial charge in [0.25, 0.3) is 0 Å². The van der Waals surface area contributed by atoms with E-state index in [1.54, 1.807) is 0 Å². The molecule has 2 nitrogen and oxygen atoms in total. The van der Waals surface area contributed by atoms with Gasteiger partial charge in [-0.3, -0.25) is 0 Å². The Bertz CT molecular complexity index is 284. The molecule has 3 saturated carbocycles. The summed E-state index contributed by atoms with van der Waals surface area (Å²) in [6.07, 6.45) is 12.0.